The van der Waals surface area contributed by atoms with Gasteiger partial charge in [-0.2, -0.15) is 0 Å². The Hall–Kier alpha value is -2.37. The molecule has 6 heteroatoms. The summed E-state index contributed by atoms with van der Waals surface area (Å²) < 4.78 is 3.29. The molecule has 2 aromatic heterocycles. The van der Waals surface area contributed by atoms with Crippen LogP contribution in [0, 0.1) is 12.8 Å². The van der Waals surface area contributed by atoms with Gasteiger partial charge in [-0.15, -0.1) is 0 Å². The average Bonchev–Trinajstić information content (AvgIpc) is 2.83. The fourth-order valence-electron chi connectivity index (χ4n) is 2.16. The molecule has 2 heterocycles. The molecular formula is C16H22N4O2. The van der Waals surface area contributed by atoms with E-state index in [0.717, 1.165) is 6.42 Å². The zero-order valence-electron chi connectivity index (χ0n) is 13.5. The van der Waals surface area contributed by atoms with Crippen molar-refractivity contribution in [3.8, 4) is 0 Å². The molecule has 0 atom stereocenters. The number of imidazole rings is 1. The van der Waals surface area contributed by atoms with Gasteiger partial charge in [0.2, 0.25) is 5.95 Å². The number of amides is 1. The Balaban J connectivity index is 2.29. The monoisotopic (exact) mass is 302 g/mol. The van der Waals surface area contributed by atoms with Gasteiger partial charge < -0.3 is 9.13 Å². The topological polar surface area (TPSA) is 68.9 Å². The van der Waals surface area contributed by atoms with Gasteiger partial charge in [0.25, 0.3) is 11.5 Å². The molecule has 0 aromatic carbocycles. The highest BCUT2D eigenvalue weighted by Gasteiger charge is 2.17. The zero-order valence-corrected chi connectivity index (χ0v) is 13.5. The highest BCUT2D eigenvalue weighted by Crippen LogP contribution is 2.08. The zero-order chi connectivity index (χ0) is 16.3. The van der Waals surface area contributed by atoms with Crippen LogP contribution in [-0.4, -0.2) is 20.0 Å². The van der Waals surface area contributed by atoms with Crippen molar-refractivity contribution in [3.05, 3.63) is 46.1 Å². The molecule has 0 aliphatic carbocycles. The molecule has 0 bridgehead atoms. The van der Waals surface area contributed by atoms with Crippen molar-refractivity contribution in [2.45, 2.75) is 33.7 Å². The summed E-state index contributed by atoms with van der Waals surface area (Å²) in [4.78, 5) is 29.0. The summed E-state index contributed by atoms with van der Waals surface area (Å²) in [5.41, 5.74) is 0.583. The van der Waals surface area contributed by atoms with E-state index in [1.165, 1.54) is 0 Å². The lowest BCUT2D eigenvalue weighted by Crippen LogP contribution is -2.31. The van der Waals surface area contributed by atoms with Gasteiger partial charge in [0.1, 0.15) is 5.56 Å². The maximum absolute atomic E-state index is 12.5. The number of carbonyl (C=O) groups is 1. The van der Waals surface area contributed by atoms with Crippen LogP contribution in [0.25, 0.3) is 0 Å². The van der Waals surface area contributed by atoms with Crippen LogP contribution in [0.1, 0.15) is 36.2 Å². The Morgan fingerprint density at radius 3 is 2.68 bits per heavy atom. The largest absolute Gasteiger partial charge is 0.320 e. The number of rotatable bonds is 5. The molecule has 118 valence electrons. The maximum atomic E-state index is 12.5. The summed E-state index contributed by atoms with van der Waals surface area (Å²) in [6, 6.07) is 1.80. The van der Waals surface area contributed by atoms with Gasteiger partial charge in [-0.1, -0.05) is 13.8 Å². The Kier molecular flexibility index (Phi) is 4.80. The van der Waals surface area contributed by atoms with Crippen molar-refractivity contribution >= 4 is 11.9 Å². The fourth-order valence-corrected chi connectivity index (χ4v) is 2.16. The van der Waals surface area contributed by atoms with E-state index in [4.69, 9.17) is 0 Å². The molecule has 1 N–H and O–H groups in total. The predicted octanol–water partition coefficient (Wildman–Crippen LogP) is 2.19. The van der Waals surface area contributed by atoms with Crippen LogP contribution in [0.15, 0.2) is 29.5 Å². The van der Waals surface area contributed by atoms with Crippen LogP contribution in [0.3, 0.4) is 0 Å². The van der Waals surface area contributed by atoms with Crippen molar-refractivity contribution in [2.24, 2.45) is 13.0 Å². The van der Waals surface area contributed by atoms with E-state index < -0.39 is 5.91 Å². The van der Waals surface area contributed by atoms with Gasteiger partial charge >= 0.3 is 0 Å². The lowest BCUT2D eigenvalue weighted by Gasteiger charge is -2.12. The summed E-state index contributed by atoms with van der Waals surface area (Å²) in [7, 11) is 1.78. The Morgan fingerprint density at radius 1 is 1.36 bits per heavy atom. The summed E-state index contributed by atoms with van der Waals surface area (Å²) in [5.74, 6) is 0.495. The van der Waals surface area contributed by atoms with Crippen molar-refractivity contribution in [1.82, 2.24) is 14.1 Å². The first-order chi connectivity index (χ1) is 10.4. The molecule has 2 rings (SSSR count). The molecule has 0 saturated heterocycles. The second kappa shape index (κ2) is 6.60. The van der Waals surface area contributed by atoms with Crippen LogP contribution in [0.2, 0.25) is 0 Å². The summed E-state index contributed by atoms with van der Waals surface area (Å²) >= 11 is 0. The number of nitrogens with zero attached hydrogens (tertiary/aromatic N) is 3. The number of carbonyl (C=O) groups excluding carboxylic acids is 1. The first kappa shape index (κ1) is 16.0. The SMILES string of the molecule is Cc1ccn(CCC(C)C)c(=O)c1C(=O)Nc1nccn1C. The second-order valence-electron chi connectivity index (χ2n) is 5.87. The Morgan fingerprint density at radius 2 is 2.09 bits per heavy atom. The van der Waals surface area contributed by atoms with Crippen LogP contribution in [-0.2, 0) is 13.6 Å². The van der Waals surface area contributed by atoms with Gasteiger partial charge in [0, 0.05) is 32.2 Å². The highest BCUT2D eigenvalue weighted by atomic mass is 16.2. The molecule has 22 heavy (non-hydrogen) atoms. The van der Waals surface area contributed by atoms with Gasteiger partial charge in [-0.3, -0.25) is 14.9 Å². The molecular weight excluding hydrogens is 280 g/mol. The van der Waals surface area contributed by atoms with Crippen LogP contribution in [0.4, 0.5) is 5.95 Å². The first-order valence-electron chi connectivity index (χ1n) is 7.39. The first-order valence-corrected chi connectivity index (χ1v) is 7.39. The van der Waals surface area contributed by atoms with Crippen molar-refractivity contribution in [2.75, 3.05) is 5.32 Å². The molecule has 0 fully saturated rings. The predicted molar refractivity (Wildman–Crippen MR) is 86.1 cm³/mol. The van der Waals surface area contributed by atoms with E-state index in [1.807, 2.05) is 0 Å². The number of hydrogen-bond donors (Lipinski definition) is 1. The Bertz CT molecular complexity index is 728. The molecule has 0 aliphatic rings. The highest BCUT2D eigenvalue weighted by molar-refractivity contribution is 6.04. The minimum Gasteiger partial charge on any atom is -0.320 e. The van der Waals surface area contributed by atoms with Crippen molar-refractivity contribution in [3.63, 3.8) is 0 Å². The lowest BCUT2D eigenvalue weighted by atomic mass is 10.1. The third kappa shape index (κ3) is 3.44. The van der Waals surface area contributed by atoms with Gasteiger partial charge in [0.15, 0.2) is 0 Å². The molecule has 1 amide bonds. The number of pyridine rings is 1. The van der Waals surface area contributed by atoms with E-state index in [0.29, 0.717) is 24.0 Å². The van der Waals surface area contributed by atoms with Gasteiger partial charge in [-0.25, -0.2) is 4.98 Å². The van der Waals surface area contributed by atoms with E-state index in [-0.39, 0.29) is 11.1 Å². The third-order valence-electron chi connectivity index (χ3n) is 3.59. The van der Waals surface area contributed by atoms with E-state index in [9.17, 15) is 9.59 Å². The number of anilines is 1. The molecule has 2 aromatic rings. The number of aryl methyl sites for hydroxylation is 3. The summed E-state index contributed by atoms with van der Waals surface area (Å²) in [6.07, 6.45) is 5.96. The number of aromatic nitrogens is 3. The van der Waals surface area contributed by atoms with Gasteiger partial charge in [-0.05, 0) is 30.9 Å². The molecule has 0 radical (unpaired) electrons. The standard InChI is InChI=1S/C16H22N4O2/c1-11(2)5-8-20-9-6-12(3)13(15(20)22)14(21)18-16-17-7-10-19(16)4/h6-7,9-11H,5,8H2,1-4H3,(H,17,18,21). The smallest absolute Gasteiger partial charge is 0.263 e. The molecule has 0 saturated carbocycles. The third-order valence-corrected chi connectivity index (χ3v) is 3.59. The number of nitrogens with one attached hydrogen (secondary N) is 1. The summed E-state index contributed by atoms with van der Waals surface area (Å²) in [6.45, 7) is 6.59. The minimum absolute atomic E-state index is 0.175. The molecule has 6 nitrogen and oxygen atoms in total. The molecule has 0 aliphatic heterocycles. The minimum atomic E-state index is -0.421. The van der Waals surface area contributed by atoms with Crippen LogP contribution < -0.4 is 10.9 Å². The average molecular weight is 302 g/mol. The van der Waals surface area contributed by atoms with Crippen molar-refractivity contribution < 1.29 is 4.79 Å². The number of hydrogen-bond acceptors (Lipinski definition) is 3. The molecule has 0 spiro atoms. The maximum Gasteiger partial charge on any atom is 0.263 e. The van der Waals surface area contributed by atoms with Crippen molar-refractivity contribution in [1.29, 1.82) is 0 Å². The van der Waals surface area contributed by atoms with E-state index >= 15 is 0 Å². The second-order valence-corrected chi connectivity index (χ2v) is 5.87. The normalized spacial score (nSPS) is 11.0. The van der Waals surface area contributed by atoms with E-state index in [2.05, 4.69) is 24.1 Å². The fraction of sp³-hybridized carbons (Fsp3) is 0.438. The van der Waals surface area contributed by atoms with E-state index in [1.54, 1.807) is 47.8 Å². The van der Waals surface area contributed by atoms with Crippen LogP contribution in [0.5, 0.6) is 0 Å². The van der Waals surface area contributed by atoms with Crippen LogP contribution >= 0.6 is 0 Å². The summed E-state index contributed by atoms with van der Waals surface area (Å²) in [5, 5.41) is 2.68. The lowest BCUT2D eigenvalue weighted by molar-refractivity contribution is 0.102. The quantitative estimate of drug-likeness (QED) is 0.920. The van der Waals surface area contributed by atoms with Gasteiger partial charge in [0.05, 0.1) is 0 Å². The Labute approximate surface area is 129 Å². The molecule has 0 unspecified atom stereocenters.